The van der Waals surface area contributed by atoms with Crippen LogP contribution in [0.4, 0.5) is 0 Å². The first-order valence-electron chi connectivity index (χ1n) is 6.94. The number of amides is 1. The van der Waals surface area contributed by atoms with E-state index in [0.29, 0.717) is 13.1 Å². The summed E-state index contributed by atoms with van der Waals surface area (Å²) in [5.41, 5.74) is 0.221. The molecule has 21 heavy (non-hydrogen) atoms. The highest BCUT2D eigenvalue weighted by Crippen LogP contribution is 2.31. The number of likely N-dealkylation sites (tertiary alicyclic amines) is 1. The van der Waals surface area contributed by atoms with E-state index in [1.54, 1.807) is 4.90 Å². The van der Waals surface area contributed by atoms with Crippen molar-refractivity contribution in [3.8, 4) is 0 Å². The van der Waals surface area contributed by atoms with Gasteiger partial charge in [0.25, 0.3) is 15.0 Å². The van der Waals surface area contributed by atoms with Gasteiger partial charge in [-0.15, -0.1) is 0 Å². The molecule has 1 aliphatic rings. The number of rotatable bonds is 2. The van der Waals surface area contributed by atoms with E-state index in [1.165, 1.54) is 13.0 Å². The van der Waals surface area contributed by atoms with Gasteiger partial charge in [0.2, 0.25) is 0 Å². The Morgan fingerprint density at radius 1 is 1.33 bits per heavy atom. The van der Waals surface area contributed by atoms with Crippen molar-refractivity contribution in [3.63, 3.8) is 0 Å². The molecule has 0 radical (unpaired) electrons. The molecule has 0 atom stereocenters. The number of carbonyl (C=O) groups is 1. The van der Waals surface area contributed by atoms with Crippen molar-refractivity contribution >= 4 is 25.6 Å². The molecule has 1 aromatic rings. The third-order valence-corrected chi connectivity index (χ3v) is 5.40. The van der Waals surface area contributed by atoms with Crippen molar-refractivity contribution in [1.29, 1.82) is 0 Å². The molecule has 1 saturated heterocycles. The summed E-state index contributed by atoms with van der Waals surface area (Å²) < 4.78 is 28.1. The first kappa shape index (κ1) is 16.4. The second kappa shape index (κ2) is 5.65. The third-order valence-electron chi connectivity index (χ3n) is 3.97. The first-order chi connectivity index (χ1) is 9.60. The standard InChI is InChI=1S/C14H20ClNO4S/c1-10-12(21(15,18)19)9-11(20-10)13(17)16-7-4-5-14(2,3)6-8-16/h9H,4-8H2,1-3H3. The molecule has 2 heterocycles. The SMILES string of the molecule is Cc1oc(C(=O)N2CCCC(C)(C)CC2)cc1S(=O)(=O)Cl. The van der Waals surface area contributed by atoms with Crippen LogP contribution in [0.1, 0.15) is 49.4 Å². The summed E-state index contributed by atoms with van der Waals surface area (Å²) in [6.07, 6.45) is 2.91. The lowest BCUT2D eigenvalue weighted by Crippen LogP contribution is -2.32. The molecule has 5 nitrogen and oxygen atoms in total. The molecule has 0 aromatic carbocycles. The molecule has 0 N–H and O–H groups in total. The van der Waals surface area contributed by atoms with Crippen LogP contribution < -0.4 is 0 Å². The van der Waals surface area contributed by atoms with Crippen molar-refractivity contribution in [3.05, 3.63) is 17.6 Å². The van der Waals surface area contributed by atoms with Gasteiger partial charge in [-0.3, -0.25) is 4.79 Å². The molecule has 1 aliphatic heterocycles. The lowest BCUT2D eigenvalue weighted by molar-refractivity contribution is 0.0724. The van der Waals surface area contributed by atoms with E-state index in [2.05, 4.69) is 13.8 Å². The average Bonchev–Trinajstić information content (AvgIpc) is 2.65. The van der Waals surface area contributed by atoms with Crippen molar-refractivity contribution in [2.24, 2.45) is 5.41 Å². The largest absolute Gasteiger partial charge is 0.455 e. The van der Waals surface area contributed by atoms with Crippen LogP contribution in [-0.4, -0.2) is 32.3 Å². The fourth-order valence-corrected chi connectivity index (χ4v) is 3.69. The van der Waals surface area contributed by atoms with Crippen LogP contribution in [0.15, 0.2) is 15.4 Å². The van der Waals surface area contributed by atoms with Crippen LogP contribution in [0.2, 0.25) is 0 Å². The van der Waals surface area contributed by atoms with Crippen LogP contribution in [0.5, 0.6) is 0 Å². The van der Waals surface area contributed by atoms with Crippen molar-refractivity contribution in [1.82, 2.24) is 4.90 Å². The van der Waals surface area contributed by atoms with E-state index >= 15 is 0 Å². The quantitative estimate of drug-likeness (QED) is 0.779. The molecule has 0 aliphatic carbocycles. The molecule has 1 amide bonds. The monoisotopic (exact) mass is 333 g/mol. The third kappa shape index (κ3) is 3.80. The zero-order valence-corrected chi connectivity index (χ0v) is 14.1. The van der Waals surface area contributed by atoms with Gasteiger partial charge in [-0.1, -0.05) is 13.8 Å². The summed E-state index contributed by atoms with van der Waals surface area (Å²) in [6.45, 7) is 7.17. The highest BCUT2D eigenvalue weighted by molar-refractivity contribution is 8.13. The molecule has 1 fully saturated rings. The normalized spacial score (nSPS) is 19.3. The molecular formula is C14H20ClNO4S. The van der Waals surface area contributed by atoms with Crippen LogP contribution in [0, 0.1) is 12.3 Å². The maximum atomic E-state index is 12.5. The van der Waals surface area contributed by atoms with Gasteiger partial charge in [-0.25, -0.2) is 8.42 Å². The number of carbonyl (C=O) groups excluding carboxylic acids is 1. The zero-order valence-electron chi connectivity index (χ0n) is 12.5. The van der Waals surface area contributed by atoms with Gasteiger partial charge < -0.3 is 9.32 Å². The maximum Gasteiger partial charge on any atom is 0.289 e. The van der Waals surface area contributed by atoms with Gasteiger partial charge in [0.1, 0.15) is 10.7 Å². The summed E-state index contributed by atoms with van der Waals surface area (Å²) in [5, 5.41) is 0. The number of furan rings is 1. The first-order valence-corrected chi connectivity index (χ1v) is 9.25. The molecule has 2 rings (SSSR count). The van der Waals surface area contributed by atoms with E-state index in [1.807, 2.05) is 0 Å². The van der Waals surface area contributed by atoms with Crippen molar-refractivity contribution in [2.75, 3.05) is 13.1 Å². The van der Waals surface area contributed by atoms with Gasteiger partial charge in [-0.05, 0) is 31.6 Å². The smallest absolute Gasteiger partial charge is 0.289 e. The Morgan fingerprint density at radius 3 is 2.57 bits per heavy atom. The molecular weight excluding hydrogens is 314 g/mol. The van der Waals surface area contributed by atoms with E-state index in [4.69, 9.17) is 15.1 Å². The Balaban J connectivity index is 2.21. The Kier molecular flexibility index (Phi) is 4.40. The van der Waals surface area contributed by atoms with Crippen LogP contribution in [0.3, 0.4) is 0 Å². The maximum absolute atomic E-state index is 12.5. The zero-order chi connectivity index (χ0) is 15.8. The van der Waals surface area contributed by atoms with Crippen LogP contribution in [0.25, 0.3) is 0 Å². The highest BCUT2D eigenvalue weighted by atomic mass is 35.7. The van der Waals surface area contributed by atoms with Crippen molar-refractivity contribution < 1.29 is 17.6 Å². The molecule has 0 spiro atoms. The molecule has 7 heteroatoms. The fraction of sp³-hybridized carbons (Fsp3) is 0.643. The van der Waals surface area contributed by atoms with Crippen molar-refractivity contribution in [2.45, 2.75) is 44.9 Å². The number of aryl methyl sites for hydroxylation is 1. The summed E-state index contributed by atoms with van der Waals surface area (Å²) in [6, 6.07) is 1.22. The minimum Gasteiger partial charge on any atom is -0.455 e. The number of halogens is 1. The van der Waals surface area contributed by atoms with E-state index in [9.17, 15) is 13.2 Å². The Morgan fingerprint density at radius 2 is 2.00 bits per heavy atom. The predicted molar refractivity (Wildman–Crippen MR) is 80.0 cm³/mol. The van der Waals surface area contributed by atoms with E-state index in [-0.39, 0.29) is 27.7 Å². The minimum atomic E-state index is -3.89. The lowest BCUT2D eigenvalue weighted by Gasteiger charge is -2.22. The lowest BCUT2D eigenvalue weighted by atomic mass is 9.85. The minimum absolute atomic E-state index is 0.0337. The van der Waals surface area contributed by atoms with Gasteiger partial charge in [0.15, 0.2) is 5.76 Å². The predicted octanol–water partition coefficient (Wildman–Crippen LogP) is 3.17. The van der Waals surface area contributed by atoms with Crippen LogP contribution in [-0.2, 0) is 9.05 Å². The number of hydrogen-bond donors (Lipinski definition) is 0. The molecule has 0 bridgehead atoms. The van der Waals surface area contributed by atoms with Crippen LogP contribution >= 0.6 is 10.7 Å². The van der Waals surface area contributed by atoms with E-state index in [0.717, 1.165) is 19.3 Å². The highest BCUT2D eigenvalue weighted by Gasteiger charge is 2.29. The Bertz CT molecular complexity index is 648. The summed E-state index contributed by atoms with van der Waals surface area (Å²) >= 11 is 0. The topological polar surface area (TPSA) is 67.6 Å². The van der Waals surface area contributed by atoms with Gasteiger partial charge in [0, 0.05) is 29.8 Å². The molecule has 118 valence electrons. The second-order valence-corrected chi connectivity index (χ2v) is 8.81. The second-order valence-electron chi connectivity index (χ2n) is 6.28. The molecule has 1 aromatic heterocycles. The Hall–Kier alpha value is -1.01. The average molecular weight is 334 g/mol. The van der Waals surface area contributed by atoms with Gasteiger partial charge in [0.05, 0.1) is 0 Å². The summed E-state index contributed by atoms with van der Waals surface area (Å²) in [7, 11) is 1.42. The fourth-order valence-electron chi connectivity index (χ4n) is 2.59. The van der Waals surface area contributed by atoms with Gasteiger partial charge >= 0.3 is 0 Å². The van der Waals surface area contributed by atoms with Gasteiger partial charge in [-0.2, -0.15) is 0 Å². The molecule has 0 saturated carbocycles. The molecule has 0 unspecified atom stereocenters. The Labute approximate surface area is 129 Å². The summed E-state index contributed by atoms with van der Waals surface area (Å²) in [5.74, 6) is -0.0997. The van der Waals surface area contributed by atoms with E-state index < -0.39 is 9.05 Å². The number of hydrogen-bond acceptors (Lipinski definition) is 4. The number of nitrogens with zero attached hydrogens (tertiary/aromatic N) is 1. The summed E-state index contributed by atoms with van der Waals surface area (Å²) in [4.78, 5) is 14.0.